The van der Waals surface area contributed by atoms with Crippen LogP contribution in [0.5, 0.6) is 0 Å². The third-order valence-corrected chi connectivity index (χ3v) is 15.2. The second-order valence-corrected chi connectivity index (χ2v) is 20.9. The van der Waals surface area contributed by atoms with Crippen LogP contribution in [0.15, 0.2) is 167 Å². The molecule has 4 heteroatoms. The number of hydrogen-bond donors (Lipinski definition) is 0. The van der Waals surface area contributed by atoms with Crippen molar-refractivity contribution >= 4 is 110 Å². The van der Waals surface area contributed by atoms with Crippen molar-refractivity contribution in [1.82, 2.24) is 0 Å². The summed E-state index contributed by atoms with van der Waals surface area (Å²) in [6.07, 6.45) is 0. The second-order valence-electron chi connectivity index (χ2n) is 20.9. The summed E-state index contributed by atoms with van der Waals surface area (Å²) >= 11 is 0. The predicted octanol–water partition coefficient (Wildman–Crippen LogP) is 20.4. The summed E-state index contributed by atoms with van der Waals surface area (Å²) in [5.74, 6) is 1.12. The van der Waals surface area contributed by atoms with Crippen molar-refractivity contribution in [2.24, 2.45) is 0 Å². The zero-order chi connectivity index (χ0) is 48.3. The third kappa shape index (κ3) is 6.56. The van der Waals surface area contributed by atoms with Gasteiger partial charge in [0.05, 0.1) is 22.7 Å². The zero-order valence-electron chi connectivity index (χ0n) is 42.0. The van der Waals surface area contributed by atoms with Gasteiger partial charge in [-0.25, -0.2) is 0 Å². The number of aryl methyl sites for hydroxylation is 2. The number of para-hydroxylation sites is 6. The lowest BCUT2D eigenvalue weighted by atomic mass is 9.84. The fraction of sp³-hybridized carbons (Fsp3) is 0.212. The van der Waals surface area contributed by atoms with Gasteiger partial charge in [-0.3, -0.25) is 0 Å². The van der Waals surface area contributed by atoms with Crippen molar-refractivity contribution < 1.29 is 8.83 Å². The van der Waals surface area contributed by atoms with E-state index in [1.807, 2.05) is 0 Å². The molecule has 0 atom stereocenters. The Morgan fingerprint density at radius 1 is 0.286 bits per heavy atom. The Labute approximate surface area is 411 Å². The summed E-state index contributed by atoms with van der Waals surface area (Å²) in [7, 11) is 0. The minimum atomic E-state index is 0.242. The largest absolute Gasteiger partial charge is 0.454 e. The van der Waals surface area contributed by atoms with Crippen LogP contribution >= 0.6 is 0 Å². The smallest absolute Gasteiger partial charge is 0.159 e. The molecule has 0 aliphatic rings. The molecule has 0 aliphatic heterocycles. The molecule has 346 valence electrons. The highest BCUT2D eigenvalue weighted by Gasteiger charge is 2.30. The molecule has 12 rings (SSSR count). The standard InChI is InChI=1S/C66H60N2O2/c1-37(2)43-21-15-23-47-49-25-17-29-57(65(49)69-63(43)47)67(55-27-13-11-19-41(55)9)59-35-53(39(5)6)45-32-34-52-60(36-54(40(7)8)46-31-33-51(59)61(45)62(46)52)68(56-28-14-12-20-42(56)10)58-30-18-26-50-48-24-16-22-44(38(3)4)64(48)70-66(50)58/h11-40H,1-10H3. The average Bonchev–Trinajstić information content (AvgIpc) is 3.94. The molecule has 0 spiro atoms. The normalized spacial score (nSPS) is 12.4. The number of rotatable bonds is 10. The Morgan fingerprint density at radius 2 is 0.614 bits per heavy atom. The lowest BCUT2D eigenvalue weighted by molar-refractivity contribution is 0.657. The molecule has 0 saturated carbocycles. The van der Waals surface area contributed by atoms with Gasteiger partial charge in [0.15, 0.2) is 11.2 Å². The van der Waals surface area contributed by atoms with Crippen molar-refractivity contribution in [1.29, 1.82) is 0 Å². The molecule has 70 heavy (non-hydrogen) atoms. The SMILES string of the molecule is Cc1ccccc1N(c1cc(C(C)C)c2ccc3c(N(c4ccccc4C)c4cccc5c4oc4c(C(C)C)cccc45)cc(C(C)C)c4ccc1c2c43)c1cccc2c1oc1c(C(C)C)cccc12. The summed E-state index contributed by atoms with van der Waals surface area (Å²) in [4.78, 5) is 4.98. The van der Waals surface area contributed by atoms with Crippen LogP contribution < -0.4 is 9.80 Å². The number of benzene rings is 10. The van der Waals surface area contributed by atoms with E-state index < -0.39 is 0 Å². The quantitative estimate of drug-likeness (QED) is 0.128. The molecule has 4 nitrogen and oxygen atoms in total. The van der Waals surface area contributed by atoms with Crippen molar-refractivity contribution in [3.8, 4) is 0 Å². The topological polar surface area (TPSA) is 32.8 Å². The van der Waals surface area contributed by atoms with Gasteiger partial charge in [0.1, 0.15) is 11.2 Å². The van der Waals surface area contributed by atoms with E-state index in [9.17, 15) is 0 Å². The molecule has 12 aromatic rings. The van der Waals surface area contributed by atoms with Gasteiger partial charge in [0, 0.05) is 43.7 Å². The van der Waals surface area contributed by atoms with Crippen molar-refractivity contribution in [3.05, 3.63) is 191 Å². The van der Waals surface area contributed by atoms with E-state index in [2.05, 4.69) is 237 Å². The van der Waals surface area contributed by atoms with Gasteiger partial charge in [-0.2, -0.15) is 0 Å². The summed E-state index contributed by atoms with van der Waals surface area (Å²) in [5, 5.41) is 12.1. The Morgan fingerprint density at radius 3 is 0.986 bits per heavy atom. The van der Waals surface area contributed by atoms with Gasteiger partial charge in [-0.05, 0) is 129 Å². The lowest BCUT2D eigenvalue weighted by Gasteiger charge is -2.32. The van der Waals surface area contributed by atoms with Gasteiger partial charge in [-0.15, -0.1) is 0 Å². The molecular formula is C66H60N2O2. The van der Waals surface area contributed by atoms with Crippen LogP contribution in [-0.4, -0.2) is 0 Å². The maximum atomic E-state index is 7.13. The van der Waals surface area contributed by atoms with Crippen molar-refractivity contribution in [3.63, 3.8) is 0 Å². The zero-order valence-corrected chi connectivity index (χ0v) is 42.0. The van der Waals surface area contributed by atoms with E-state index >= 15 is 0 Å². The van der Waals surface area contributed by atoms with Gasteiger partial charge >= 0.3 is 0 Å². The number of nitrogens with zero attached hydrogens (tertiary/aromatic N) is 2. The Balaban J connectivity index is 1.21. The van der Waals surface area contributed by atoms with Gasteiger partial charge in [0.2, 0.25) is 0 Å². The van der Waals surface area contributed by atoms with Crippen molar-refractivity contribution in [2.75, 3.05) is 9.80 Å². The number of fused-ring (bicyclic) bond motifs is 6. The van der Waals surface area contributed by atoms with Crippen LogP contribution in [0, 0.1) is 13.8 Å². The first kappa shape index (κ1) is 43.7. The number of furan rings is 2. The highest BCUT2D eigenvalue weighted by atomic mass is 16.3. The van der Waals surface area contributed by atoms with Crippen LogP contribution in [0.1, 0.15) is 112 Å². The minimum absolute atomic E-state index is 0.242. The van der Waals surface area contributed by atoms with Crippen LogP contribution in [0.3, 0.4) is 0 Å². The highest BCUT2D eigenvalue weighted by molar-refractivity contribution is 6.30. The molecule has 0 radical (unpaired) electrons. The molecule has 2 heterocycles. The van der Waals surface area contributed by atoms with E-state index in [0.717, 1.165) is 78.0 Å². The van der Waals surface area contributed by atoms with Crippen LogP contribution in [0.2, 0.25) is 0 Å². The van der Waals surface area contributed by atoms with E-state index in [0.29, 0.717) is 11.8 Å². The first-order valence-corrected chi connectivity index (χ1v) is 25.3. The molecule has 0 bridgehead atoms. The van der Waals surface area contributed by atoms with Crippen LogP contribution in [-0.2, 0) is 0 Å². The van der Waals surface area contributed by atoms with E-state index in [4.69, 9.17) is 8.83 Å². The Hall–Kier alpha value is -7.56. The first-order valence-electron chi connectivity index (χ1n) is 25.3. The van der Waals surface area contributed by atoms with Crippen LogP contribution in [0.25, 0.3) is 76.2 Å². The minimum Gasteiger partial charge on any atom is -0.454 e. The number of hydrogen-bond acceptors (Lipinski definition) is 4. The molecule has 0 fully saturated rings. The molecule has 0 amide bonds. The summed E-state index contributed by atoms with van der Waals surface area (Å²) < 4.78 is 14.3. The molecule has 2 aromatic heterocycles. The van der Waals surface area contributed by atoms with Gasteiger partial charge in [-0.1, -0.05) is 177 Å². The number of anilines is 6. The summed E-state index contributed by atoms with van der Waals surface area (Å²) in [5.41, 5.74) is 17.7. The van der Waals surface area contributed by atoms with Gasteiger partial charge in [0.25, 0.3) is 0 Å². The molecule has 0 unspecified atom stereocenters. The summed E-state index contributed by atoms with van der Waals surface area (Å²) in [6, 6.07) is 58.7. The molecule has 10 aromatic carbocycles. The molecular weight excluding hydrogens is 853 g/mol. The van der Waals surface area contributed by atoms with E-state index in [1.165, 1.54) is 65.7 Å². The summed E-state index contributed by atoms with van der Waals surface area (Å²) in [6.45, 7) is 22.8. The highest BCUT2D eigenvalue weighted by Crippen LogP contribution is 2.54. The first-order chi connectivity index (χ1) is 33.9. The van der Waals surface area contributed by atoms with E-state index in [-0.39, 0.29) is 11.8 Å². The third-order valence-electron chi connectivity index (χ3n) is 15.2. The molecule has 0 aliphatic carbocycles. The second kappa shape index (κ2) is 16.6. The van der Waals surface area contributed by atoms with Crippen LogP contribution in [0.4, 0.5) is 34.1 Å². The van der Waals surface area contributed by atoms with E-state index in [1.54, 1.807) is 0 Å². The molecule has 0 N–H and O–H groups in total. The maximum absolute atomic E-state index is 7.13. The monoisotopic (exact) mass is 912 g/mol. The predicted molar refractivity (Wildman–Crippen MR) is 300 cm³/mol. The Bertz CT molecular complexity index is 3750. The maximum Gasteiger partial charge on any atom is 0.159 e. The fourth-order valence-corrected chi connectivity index (χ4v) is 11.7. The fourth-order valence-electron chi connectivity index (χ4n) is 11.7. The average molecular weight is 913 g/mol. The molecule has 0 saturated heterocycles. The van der Waals surface area contributed by atoms with Crippen molar-refractivity contribution in [2.45, 2.75) is 92.9 Å². The van der Waals surface area contributed by atoms with Gasteiger partial charge < -0.3 is 18.6 Å². The lowest BCUT2D eigenvalue weighted by Crippen LogP contribution is -2.14. The Kier molecular flexibility index (Phi) is 10.3.